The summed E-state index contributed by atoms with van der Waals surface area (Å²) in [6.45, 7) is 4.29. The van der Waals surface area contributed by atoms with Crippen LogP contribution in [0.15, 0.2) is 45.1 Å². The highest BCUT2D eigenvalue weighted by Crippen LogP contribution is 2.21. The van der Waals surface area contributed by atoms with E-state index in [2.05, 4.69) is 20.2 Å². The van der Waals surface area contributed by atoms with E-state index in [-0.39, 0.29) is 36.3 Å². The van der Waals surface area contributed by atoms with E-state index in [0.717, 1.165) is 11.4 Å². The number of aryl methyl sites for hydroxylation is 1. The number of benzene rings is 1. The number of nitrogen functional groups attached to an aromatic ring is 1. The maximum atomic E-state index is 13.0. The molecule has 0 fully saturated rings. The Morgan fingerprint density at radius 2 is 1.97 bits per heavy atom. The Hall–Kier alpha value is -3.34. The Kier molecular flexibility index (Phi) is 7.29. The average molecular weight is 444 g/mol. The molecule has 3 rings (SSSR count). The molecule has 0 aliphatic rings. The van der Waals surface area contributed by atoms with Crippen molar-refractivity contribution in [3.63, 3.8) is 0 Å². The zero-order valence-corrected chi connectivity index (χ0v) is 18.2. The van der Waals surface area contributed by atoms with Gasteiger partial charge in [0.15, 0.2) is 5.69 Å². The molecule has 1 aromatic carbocycles. The van der Waals surface area contributed by atoms with Crippen LogP contribution < -0.4 is 21.9 Å². The number of H-pyrrole nitrogens is 2. The van der Waals surface area contributed by atoms with Gasteiger partial charge >= 0.3 is 5.69 Å². The second-order valence-corrected chi connectivity index (χ2v) is 7.76. The number of carbonyl (C=O) groups excluding carboxylic acids is 1. The maximum Gasteiger partial charge on any atom is 0.330 e. The van der Waals surface area contributed by atoms with Gasteiger partial charge in [0.25, 0.3) is 5.56 Å². The first kappa shape index (κ1) is 22.3. The Labute approximate surface area is 182 Å². The molecule has 31 heavy (non-hydrogen) atoms. The topological polar surface area (TPSA) is 143 Å². The van der Waals surface area contributed by atoms with E-state index in [1.807, 2.05) is 44.2 Å². The molecule has 0 spiro atoms. The fourth-order valence-corrected chi connectivity index (χ4v) is 3.74. The lowest BCUT2D eigenvalue weighted by Gasteiger charge is -2.24. The number of rotatable bonds is 9. The number of carbonyl (C=O) groups is 1. The lowest BCUT2D eigenvalue weighted by molar-refractivity contribution is -0.116. The highest BCUT2D eigenvalue weighted by molar-refractivity contribution is 7.99. The standard InChI is InChI=1S/C20H25N7O3S/c1-3-10-26(15(28)12-31-19-22-14(4-2)24-25-19)16-17(21)27(20(30)23-18(16)29)11-13-8-6-5-7-9-13/h5-9H,3-4,10-12,21H2,1-2H3,(H,22,24,25)(H,23,29,30). The molecule has 0 saturated heterocycles. The molecule has 10 nitrogen and oxygen atoms in total. The van der Waals surface area contributed by atoms with Gasteiger partial charge in [-0.1, -0.05) is 55.9 Å². The second-order valence-electron chi connectivity index (χ2n) is 6.82. The number of amides is 1. The molecule has 3 aromatic rings. The van der Waals surface area contributed by atoms with Gasteiger partial charge in [-0.3, -0.25) is 24.2 Å². The summed E-state index contributed by atoms with van der Waals surface area (Å²) in [7, 11) is 0. The number of aromatic amines is 2. The third-order valence-electron chi connectivity index (χ3n) is 4.59. The minimum Gasteiger partial charge on any atom is -0.383 e. The first-order valence-electron chi connectivity index (χ1n) is 9.95. The number of aromatic nitrogens is 5. The van der Waals surface area contributed by atoms with Crippen LogP contribution in [0.1, 0.15) is 31.7 Å². The Morgan fingerprint density at radius 1 is 1.23 bits per heavy atom. The highest BCUT2D eigenvalue weighted by Gasteiger charge is 2.24. The lowest BCUT2D eigenvalue weighted by atomic mass is 10.2. The molecule has 0 aliphatic carbocycles. The van der Waals surface area contributed by atoms with Crippen molar-refractivity contribution >= 4 is 29.2 Å². The third kappa shape index (κ3) is 5.23. The summed E-state index contributed by atoms with van der Waals surface area (Å²) in [6.07, 6.45) is 1.31. The highest BCUT2D eigenvalue weighted by atomic mass is 32.2. The van der Waals surface area contributed by atoms with E-state index in [0.29, 0.717) is 18.0 Å². The second kappa shape index (κ2) is 10.1. The monoisotopic (exact) mass is 443 g/mol. The van der Waals surface area contributed by atoms with Gasteiger partial charge in [0.2, 0.25) is 11.1 Å². The summed E-state index contributed by atoms with van der Waals surface area (Å²) in [4.78, 5) is 45.9. The van der Waals surface area contributed by atoms with Crippen LogP contribution >= 0.6 is 11.8 Å². The number of nitrogens with two attached hydrogens (primary N) is 1. The van der Waals surface area contributed by atoms with Gasteiger partial charge in [-0.2, -0.15) is 0 Å². The molecular formula is C20H25N7O3S. The van der Waals surface area contributed by atoms with Gasteiger partial charge in [-0.15, -0.1) is 5.10 Å². The number of thioether (sulfide) groups is 1. The molecule has 11 heteroatoms. The Balaban J connectivity index is 1.90. The van der Waals surface area contributed by atoms with Crippen LogP contribution in [0, 0.1) is 0 Å². The molecule has 0 radical (unpaired) electrons. The lowest BCUT2D eigenvalue weighted by Crippen LogP contribution is -2.42. The Morgan fingerprint density at radius 3 is 2.61 bits per heavy atom. The zero-order chi connectivity index (χ0) is 22.4. The molecule has 2 aromatic heterocycles. The van der Waals surface area contributed by atoms with Gasteiger partial charge in [0, 0.05) is 13.0 Å². The fraction of sp³-hybridized carbons (Fsp3) is 0.350. The quantitative estimate of drug-likeness (QED) is 0.424. The van der Waals surface area contributed by atoms with Crippen LogP contribution in [-0.2, 0) is 17.8 Å². The predicted octanol–water partition coefficient (Wildman–Crippen LogP) is 1.38. The van der Waals surface area contributed by atoms with Crippen molar-refractivity contribution in [1.29, 1.82) is 0 Å². The molecule has 0 aliphatic heterocycles. The van der Waals surface area contributed by atoms with Crippen molar-refractivity contribution in [2.24, 2.45) is 0 Å². The van der Waals surface area contributed by atoms with Gasteiger partial charge < -0.3 is 10.6 Å². The number of nitrogens with zero attached hydrogens (tertiary/aromatic N) is 4. The van der Waals surface area contributed by atoms with E-state index < -0.39 is 11.2 Å². The van der Waals surface area contributed by atoms with Crippen LogP contribution in [0.4, 0.5) is 11.5 Å². The molecule has 164 valence electrons. The molecule has 4 N–H and O–H groups in total. The average Bonchev–Trinajstić information content (AvgIpc) is 3.23. The van der Waals surface area contributed by atoms with Crippen LogP contribution in [0.3, 0.4) is 0 Å². The molecule has 0 atom stereocenters. The molecule has 0 bridgehead atoms. The van der Waals surface area contributed by atoms with Crippen molar-refractivity contribution in [2.45, 2.75) is 38.4 Å². The normalized spacial score (nSPS) is 10.9. The summed E-state index contributed by atoms with van der Waals surface area (Å²) < 4.78 is 1.26. The molecule has 2 heterocycles. The van der Waals surface area contributed by atoms with E-state index in [9.17, 15) is 14.4 Å². The minimum absolute atomic E-state index is 0.0211. The van der Waals surface area contributed by atoms with E-state index in [4.69, 9.17) is 5.73 Å². The largest absolute Gasteiger partial charge is 0.383 e. The molecule has 1 amide bonds. The smallest absolute Gasteiger partial charge is 0.330 e. The van der Waals surface area contributed by atoms with Crippen LogP contribution in [0.2, 0.25) is 0 Å². The van der Waals surface area contributed by atoms with E-state index >= 15 is 0 Å². The molecule has 0 saturated carbocycles. The van der Waals surface area contributed by atoms with Gasteiger partial charge in [-0.05, 0) is 12.0 Å². The van der Waals surface area contributed by atoms with Crippen molar-refractivity contribution in [3.8, 4) is 0 Å². The predicted molar refractivity (Wildman–Crippen MR) is 120 cm³/mol. The molecule has 0 unspecified atom stereocenters. The van der Waals surface area contributed by atoms with Crippen LogP contribution in [-0.4, -0.2) is 42.9 Å². The van der Waals surface area contributed by atoms with Gasteiger partial charge in [0.1, 0.15) is 11.6 Å². The third-order valence-corrected chi connectivity index (χ3v) is 5.42. The zero-order valence-electron chi connectivity index (χ0n) is 17.4. The van der Waals surface area contributed by atoms with Gasteiger partial charge in [-0.25, -0.2) is 9.78 Å². The van der Waals surface area contributed by atoms with Crippen molar-refractivity contribution in [2.75, 3.05) is 22.9 Å². The van der Waals surface area contributed by atoms with Gasteiger partial charge in [0.05, 0.1) is 12.3 Å². The maximum absolute atomic E-state index is 13.0. The summed E-state index contributed by atoms with van der Waals surface area (Å²) >= 11 is 1.17. The summed E-state index contributed by atoms with van der Waals surface area (Å²) in [6, 6.07) is 9.26. The first-order valence-corrected chi connectivity index (χ1v) is 10.9. The number of hydrogen-bond acceptors (Lipinski definition) is 7. The van der Waals surface area contributed by atoms with E-state index in [1.165, 1.54) is 21.2 Å². The summed E-state index contributed by atoms with van der Waals surface area (Å²) in [5.74, 6) is 0.388. The number of hydrogen-bond donors (Lipinski definition) is 3. The van der Waals surface area contributed by atoms with E-state index in [1.54, 1.807) is 0 Å². The number of nitrogens with one attached hydrogen (secondary N) is 2. The summed E-state index contributed by atoms with van der Waals surface area (Å²) in [5, 5.41) is 7.32. The van der Waals surface area contributed by atoms with Crippen molar-refractivity contribution in [1.82, 2.24) is 24.7 Å². The summed E-state index contributed by atoms with van der Waals surface area (Å²) in [5.41, 5.74) is 5.75. The first-order chi connectivity index (χ1) is 14.9. The van der Waals surface area contributed by atoms with Crippen molar-refractivity contribution < 1.29 is 4.79 Å². The number of anilines is 2. The van der Waals surface area contributed by atoms with Crippen LogP contribution in [0.5, 0.6) is 0 Å². The minimum atomic E-state index is -0.690. The SMILES string of the molecule is CCCN(C(=O)CSc1n[nH]c(CC)n1)c1c(N)n(Cc2ccccc2)c(=O)[nH]c1=O. The van der Waals surface area contributed by atoms with Crippen molar-refractivity contribution in [3.05, 3.63) is 62.6 Å². The molecular weight excluding hydrogens is 418 g/mol. The Bertz CT molecular complexity index is 1150. The fourth-order valence-electron chi connectivity index (χ4n) is 3.05. The van der Waals surface area contributed by atoms with Crippen LogP contribution in [0.25, 0.3) is 0 Å².